The number of allylic oxidation sites excluding steroid dienone is 3. The molecular formula is C20H23FN2O2S. The number of hydrogen-bond acceptors (Lipinski definition) is 3. The highest BCUT2D eigenvalue weighted by Gasteiger charge is 2.43. The van der Waals surface area contributed by atoms with Crippen LogP contribution in [0.4, 0.5) is 4.39 Å². The molecule has 1 aromatic carbocycles. The van der Waals surface area contributed by atoms with Gasteiger partial charge in [0.05, 0.1) is 5.52 Å². The lowest BCUT2D eigenvalue weighted by molar-refractivity contribution is 0.400. The van der Waals surface area contributed by atoms with Crippen molar-refractivity contribution in [3.63, 3.8) is 0 Å². The molecule has 2 heterocycles. The van der Waals surface area contributed by atoms with Crippen molar-refractivity contribution in [2.24, 2.45) is 5.92 Å². The van der Waals surface area contributed by atoms with Gasteiger partial charge in [-0.3, -0.25) is 0 Å². The minimum absolute atomic E-state index is 0.242. The highest BCUT2D eigenvalue weighted by atomic mass is 32.2. The topological polar surface area (TPSA) is 51.1 Å². The van der Waals surface area contributed by atoms with Crippen LogP contribution in [0.15, 0.2) is 60.1 Å². The van der Waals surface area contributed by atoms with E-state index in [1.54, 1.807) is 31.3 Å². The monoisotopic (exact) mass is 374 g/mol. The van der Waals surface area contributed by atoms with E-state index in [1.165, 1.54) is 10.0 Å². The van der Waals surface area contributed by atoms with E-state index in [2.05, 4.69) is 5.32 Å². The third kappa shape index (κ3) is 2.81. The Hall–Kier alpha value is -1.92. The van der Waals surface area contributed by atoms with Crippen molar-refractivity contribution >= 4 is 20.9 Å². The molecule has 0 amide bonds. The van der Waals surface area contributed by atoms with E-state index in [1.807, 2.05) is 18.2 Å². The lowest BCUT2D eigenvalue weighted by Crippen LogP contribution is -2.41. The molecule has 1 fully saturated rings. The molecule has 2 aromatic rings. The normalized spacial score (nSPS) is 25.2. The maximum Gasteiger partial charge on any atom is 0.248 e. The van der Waals surface area contributed by atoms with E-state index in [4.69, 9.17) is 0 Å². The summed E-state index contributed by atoms with van der Waals surface area (Å²) in [5.74, 6) is -0.209. The smallest absolute Gasteiger partial charge is 0.248 e. The number of hydrogen-bond donors (Lipinski definition) is 1. The lowest BCUT2D eigenvalue weighted by atomic mass is 9.82. The minimum Gasteiger partial charge on any atom is -0.317 e. The summed E-state index contributed by atoms with van der Waals surface area (Å²) >= 11 is 0. The van der Waals surface area contributed by atoms with Crippen LogP contribution in [-0.2, 0) is 10.0 Å². The van der Waals surface area contributed by atoms with Crippen LogP contribution < -0.4 is 5.32 Å². The maximum absolute atomic E-state index is 14.5. The Bertz CT molecular complexity index is 1000. The molecule has 1 aliphatic carbocycles. The molecule has 1 aromatic heterocycles. The molecule has 2 aliphatic rings. The van der Waals surface area contributed by atoms with Crippen LogP contribution in [0, 0.1) is 5.92 Å². The number of fused-ring (bicyclic) bond motifs is 1. The maximum atomic E-state index is 14.5. The molecule has 1 unspecified atom stereocenters. The average Bonchev–Trinajstić information content (AvgIpc) is 3.06. The van der Waals surface area contributed by atoms with Crippen LogP contribution in [-0.4, -0.2) is 30.2 Å². The number of piperidine rings is 1. The van der Waals surface area contributed by atoms with Gasteiger partial charge < -0.3 is 5.32 Å². The summed E-state index contributed by atoms with van der Waals surface area (Å²) in [5.41, 5.74) is 1.54. The van der Waals surface area contributed by atoms with E-state index in [-0.39, 0.29) is 5.92 Å². The number of halogens is 1. The van der Waals surface area contributed by atoms with Crippen molar-refractivity contribution in [3.8, 4) is 0 Å². The Kier molecular flexibility index (Phi) is 4.28. The van der Waals surface area contributed by atoms with Gasteiger partial charge in [0.25, 0.3) is 0 Å². The Morgan fingerprint density at radius 3 is 2.69 bits per heavy atom. The predicted molar refractivity (Wildman–Crippen MR) is 102 cm³/mol. The molecule has 0 spiro atoms. The molecule has 138 valence electrons. The molecule has 4 nitrogen and oxygen atoms in total. The number of para-hydroxylation sites is 1. The van der Waals surface area contributed by atoms with E-state index < -0.39 is 20.6 Å². The first kappa shape index (κ1) is 17.5. The van der Waals surface area contributed by atoms with E-state index in [0.717, 1.165) is 36.9 Å². The van der Waals surface area contributed by atoms with Crippen molar-refractivity contribution < 1.29 is 12.8 Å². The molecular weight excluding hydrogens is 351 g/mol. The van der Waals surface area contributed by atoms with Crippen LogP contribution >= 0.6 is 0 Å². The largest absolute Gasteiger partial charge is 0.317 e. The summed E-state index contributed by atoms with van der Waals surface area (Å²) in [5, 5.41) is 4.16. The Morgan fingerprint density at radius 1 is 1.19 bits per heavy atom. The van der Waals surface area contributed by atoms with Crippen molar-refractivity contribution in [2.45, 2.75) is 30.9 Å². The molecule has 26 heavy (non-hydrogen) atoms. The van der Waals surface area contributed by atoms with Crippen molar-refractivity contribution in [3.05, 3.63) is 60.1 Å². The Morgan fingerprint density at radius 2 is 1.92 bits per heavy atom. The highest BCUT2D eigenvalue weighted by molar-refractivity contribution is 7.91. The summed E-state index contributed by atoms with van der Waals surface area (Å²) in [6.45, 7) is 3.41. The van der Waals surface area contributed by atoms with Gasteiger partial charge in [0.15, 0.2) is 0 Å². The second-order valence-electron chi connectivity index (χ2n) is 7.44. The molecule has 4 rings (SSSR count). The SMILES string of the molecule is CC1(S(=O)(=O)n2ccc3ccccc32)C=C(F)C=C(C2CCNCC2)C1. The fourth-order valence-electron chi connectivity index (χ4n) is 4.13. The van der Waals surface area contributed by atoms with E-state index in [0.29, 0.717) is 11.9 Å². The summed E-state index contributed by atoms with van der Waals surface area (Å²) in [4.78, 5) is 0. The van der Waals surface area contributed by atoms with Crippen LogP contribution in [0.1, 0.15) is 26.2 Å². The molecule has 1 aliphatic heterocycles. The van der Waals surface area contributed by atoms with Crippen LogP contribution in [0.2, 0.25) is 0 Å². The van der Waals surface area contributed by atoms with Gasteiger partial charge in [0.2, 0.25) is 10.0 Å². The minimum atomic E-state index is -3.81. The summed E-state index contributed by atoms with van der Waals surface area (Å²) in [6.07, 6.45) is 6.55. The zero-order valence-electron chi connectivity index (χ0n) is 14.8. The molecule has 1 atom stereocenters. The van der Waals surface area contributed by atoms with Gasteiger partial charge in [-0.25, -0.2) is 16.8 Å². The quantitative estimate of drug-likeness (QED) is 0.890. The summed E-state index contributed by atoms with van der Waals surface area (Å²) in [6, 6.07) is 9.13. The number of aromatic nitrogens is 1. The van der Waals surface area contributed by atoms with Gasteiger partial charge in [-0.05, 0) is 69.5 Å². The molecule has 6 heteroatoms. The van der Waals surface area contributed by atoms with Gasteiger partial charge in [-0.1, -0.05) is 23.8 Å². The Labute approximate surface area is 153 Å². The van der Waals surface area contributed by atoms with Gasteiger partial charge in [0, 0.05) is 11.6 Å². The fraction of sp³-hybridized carbons (Fsp3) is 0.400. The number of nitrogens with zero attached hydrogens (tertiary/aromatic N) is 1. The predicted octanol–water partition coefficient (Wildman–Crippen LogP) is 3.76. The second kappa shape index (κ2) is 6.35. The first-order chi connectivity index (χ1) is 12.4. The fourth-order valence-corrected chi connectivity index (χ4v) is 5.84. The number of rotatable bonds is 3. The van der Waals surface area contributed by atoms with E-state index in [9.17, 15) is 12.8 Å². The van der Waals surface area contributed by atoms with Crippen molar-refractivity contribution in [1.29, 1.82) is 0 Å². The number of benzene rings is 1. The van der Waals surface area contributed by atoms with Crippen LogP contribution in [0.25, 0.3) is 10.9 Å². The van der Waals surface area contributed by atoms with E-state index >= 15 is 0 Å². The van der Waals surface area contributed by atoms with Crippen LogP contribution in [0.3, 0.4) is 0 Å². The van der Waals surface area contributed by atoms with Crippen molar-refractivity contribution in [2.75, 3.05) is 13.1 Å². The van der Waals surface area contributed by atoms with Gasteiger partial charge in [0.1, 0.15) is 10.6 Å². The molecule has 1 saturated heterocycles. The first-order valence-corrected chi connectivity index (χ1v) is 10.5. The van der Waals surface area contributed by atoms with Gasteiger partial charge in [-0.15, -0.1) is 0 Å². The average molecular weight is 374 g/mol. The standard InChI is InChI=1S/C20H23FN2O2S/c1-20(13-17(12-18(21)14-20)15-6-9-22-10-7-15)26(24,25)23-11-8-16-4-2-3-5-19(16)23/h2-5,8,11-12,14-15,22H,6-7,9-10,13H2,1H3. The zero-order valence-corrected chi connectivity index (χ0v) is 15.6. The summed E-state index contributed by atoms with van der Waals surface area (Å²) < 4.78 is 41.4. The Balaban J connectivity index is 1.75. The molecule has 0 radical (unpaired) electrons. The van der Waals surface area contributed by atoms with Gasteiger partial charge in [-0.2, -0.15) is 0 Å². The summed E-state index contributed by atoms with van der Waals surface area (Å²) in [7, 11) is -3.81. The van der Waals surface area contributed by atoms with Gasteiger partial charge >= 0.3 is 0 Å². The lowest BCUT2D eigenvalue weighted by Gasteiger charge is -2.34. The zero-order chi connectivity index (χ0) is 18.4. The highest BCUT2D eigenvalue weighted by Crippen LogP contribution is 2.40. The third-order valence-corrected chi connectivity index (χ3v) is 7.87. The molecule has 0 bridgehead atoms. The second-order valence-corrected chi connectivity index (χ2v) is 9.71. The molecule has 1 N–H and O–H groups in total. The van der Waals surface area contributed by atoms with Crippen molar-refractivity contribution in [1.82, 2.24) is 9.29 Å². The third-order valence-electron chi connectivity index (χ3n) is 5.60. The van der Waals surface area contributed by atoms with Crippen LogP contribution in [0.5, 0.6) is 0 Å². The first-order valence-electron chi connectivity index (χ1n) is 9.01. The molecule has 0 saturated carbocycles. The number of nitrogens with one attached hydrogen (secondary N) is 1.